The molecule has 0 saturated carbocycles. The number of carbonyl (C=O) groups excluding carboxylic acids is 1. The molecule has 27 heavy (non-hydrogen) atoms. The van der Waals surface area contributed by atoms with E-state index in [9.17, 15) is 4.79 Å². The van der Waals surface area contributed by atoms with E-state index in [1.165, 1.54) is 11.8 Å². The third-order valence-electron chi connectivity index (χ3n) is 4.26. The van der Waals surface area contributed by atoms with Crippen molar-refractivity contribution in [1.29, 1.82) is 0 Å². The molecule has 0 spiro atoms. The fourth-order valence-electron chi connectivity index (χ4n) is 2.77. The Kier molecular flexibility index (Phi) is 6.73. The number of morpholine rings is 1. The van der Waals surface area contributed by atoms with Crippen LogP contribution in [0.3, 0.4) is 0 Å². The Hall–Kier alpha value is -2.06. The largest absolute Gasteiger partial charge is 0.378 e. The van der Waals surface area contributed by atoms with Crippen LogP contribution in [0.15, 0.2) is 35.5 Å². The standard InChI is InChI=1S/C19H27N5O2S/c1-14(2)13-20-17(25)15(3)27-19-22-21-18(23-9-11-26-12-10-23)24(19)16-7-5-4-6-8-16/h4-8,14-15H,9-13H2,1-3H3,(H,20,25)/t15-/m0/s1. The molecule has 1 saturated heterocycles. The fraction of sp³-hybridized carbons (Fsp3) is 0.526. The molecule has 8 heteroatoms. The van der Waals surface area contributed by atoms with E-state index in [1.54, 1.807) is 0 Å². The van der Waals surface area contributed by atoms with Crippen molar-refractivity contribution in [1.82, 2.24) is 20.1 Å². The van der Waals surface area contributed by atoms with Gasteiger partial charge in [0, 0.05) is 19.6 Å². The molecule has 1 N–H and O–H groups in total. The number of nitrogens with one attached hydrogen (secondary N) is 1. The molecule has 7 nitrogen and oxygen atoms in total. The average molecular weight is 390 g/mol. The first-order valence-corrected chi connectivity index (χ1v) is 10.2. The SMILES string of the molecule is CC(C)CNC(=O)[C@H](C)Sc1nnc(N2CCOCC2)n1-c1ccccc1. The maximum absolute atomic E-state index is 12.4. The third kappa shape index (κ3) is 5.01. The summed E-state index contributed by atoms with van der Waals surface area (Å²) in [6.07, 6.45) is 0. The van der Waals surface area contributed by atoms with Crippen molar-refractivity contribution in [2.24, 2.45) is 5.92 Å². The van der Waals surface area contributed by atoms with Crippen LogP contribution >= 0.6 is 11.8 Å². The lowest BCUT2D eigenvalue weighted by atomic mass is 10.2. The summed E-state index contributed by atoms with van der Waals surface area (Å²) in [7, 11) is 0. The van der Waals surface area contributed by atoms with Gasteiger partial charge >= 0.3 is 0 Å². The van der Waals surface area contributed by atoms with Gasteiger partial charge in [-0.1, -0.05) is 43.8 Å². The smallest absolute Gasteiger partial charge is 0.233 e. The number of ether oxygens (including phenoxy) is 1. The summed E-state index contributed by atoms with van der Waals surface area (Å²) in [6, 6.07) is 10.0. The van der Waals surface area contributed by atoms with Gasteiger partial charge in [-0.2, -0.15) is 0 Å². The zero-order valence-electron chi connectivity index (χ0n) is 16.1. The van der Waals surface area contributed by atoms with Gasteiger partial charge in [-0.15, -0.1) is 10.2 Å². The van der Waals surface area contributed by atoms with Crippen LogP contribution in [0, 0.1) is 5.92 Å². The summed E-state index contributed by atoms with van der Waals surface area (Å²) in [5.41, 5.74) is 0.987. The molecule has 0 unspecified atom stereocenters. The number of para-hydroxylation sites is 1. The zero-order valence-corrected chi connectivity index (χ0v) is 16.9. The molecule has 1 aliphatic rings. The van der Waals surface area contributed by atoms with E-state index in [1.807, 2.05) is 41.8 Å². The van der Waals surface area contributed by atoms with Crippen molar-refractivity contribution >= 4 is 23.6 Å². The minimum absolute atomic E-state index is 0.0178. The lowest BCUT2D eigenvalue weighted by Gasteiger charge is -2.28. The third-order valence-corrected chi connectivity index (χ3v) is 5.30. The topological polar surface area (TPSA) is 72.3 Å². The predicted molar refractivity (Wildman–Crippen MR) is 108 cm³/mol. The van der Waals surface area contributed by atoms with E-state index >= 15 is 0 Å². The summed E-state index contributed by atoms with van der Waals surface area (Å²) in [6.45, 7) is 9.65. The number of hydrogen-bond acceptors (Lipinski definition) is 6. The number of amides is 1. The number of benzene rings is 1. The first-order chi connectivity index (χ1) is 13.1. The van der Waals surface area contributed by atoms with Crippen LogP contribution in [-0.2, 0) is 9.53 Å². The molecule has 1 amide bonds. The van der Waals surface area contributed by atoms with E-state index in [2.05, 4.69) is 34.3 Å². The van der Waals surface area contributed by atoms with Gasteiger partial charge in [0.2, 0.25) is 11.9 Å². The predicted octanol–water partition coefficient (Wildman–Crippen LogP) is 2.36. The second-order valence-electron chi connectivity index (χ2n) is 6.95. The molecule has 1 atom stereocenters. The number of rotatable bonds is 7. The Bertz CT molecular complexity index is 744. The molecule has 2 aromatic rings. The Labute approximate surface area is 164 Å². The normalized spacial score (nSPS) is 15.8. The van der Waals surface area contributed by atoms with Gasteiger partial charge in [0.15, 0.2) is 5.16 Å². The van der Waals surface area contributed by atoms with Crippen LogP contribution in [0.4, 0.5) is 5.95 Å². The quantitative estimate of drug-likeness (QED) is 0.733. The lowest BCUT2D eigenvalue weighted by Crippen LogP contribution is -2.38. The highest BCUT2D eigenvalue weighted by Crippen LogP contribution is 2.29. The number of aromatic nitrogens is 3. The highest BCUT2D eigenvalue weighted by Gasteiger charge is 2.24. The van der Waals surface area contributed by atoms with Crippen LogP contribution in [-0.4, -0.2) is 58.8 Å². The van der Waals surface area contributed by atoms with Gasteiger partial charge in [0.1, 0.15) is 0 Å². The number of hydrogen-bond donors (Lipinski definition) is 1. The van der Waals surface area contributed by atoms with Crippen LogP contribution in [0.1, 0.15) is 20.8 Å². The van der Waals surface area contributed by atoms with Crippen molar-refractivity contribution in [3.63, 3.8) is 0 Å². The second-order valence-corrected chi connectivity index (χ2v) is 8.26. The number of anilines is 1. The molecule has 1 fully saturated rings. The van der Waals surface area contributed by atoms with Crippen LogP contribution < -0.4 is 10.2 Å². The Balaban J connectivity index is 1.84. The minimum atomic E-state index is -0.257. The van der Waals surface area contributed by atoms with Gasteiger partial charge in [-0.25, -0.2) is 0 Å². The molecule has 146 valence electrons. The van der Waals surface area contributed by atoms with Crippen molar-refractivity contribution in [3.05, 3.63) is 30.3 Å². The maximum atomic E-state index is 12.4. The van der Waals surface area contributed by atoms with E-state index in [0.717, 1.165) is 29.9 Å². The van der Waals surface area contributed by atoms with E-state index in [4.69, 9.17) is 4.74 Å². The minimum Gasteiger partial charge on any atom is -0.378 e. The summed E-state index contributed by atoms with van der Waals surface area (Å²) in [4.78, 5) is 14.6. The van der Waals surface area contributed by atoms with E-state index in [-0.39, 0.29) is 11.2 Å². The summed E-state index contributed by atoms with van der Waals surface area (Å²) >= 11 is 1.43. The van der Waals surface area contributed by atoms with Crippen molar-refractivity contribution in [2.75, 3.05) is 37.7 Å². The molecule has 1 aromatic heterocycles. The van der Waals surface area contributed by atoms with Crippen molar-refractivity contribution in [2.45, 2.75) is 31.2 Å². The summed E-state index contributed by atoms with van der Waals surface area (Å²) in [5.74, 6) is 1.23. The Morgan fingerprint density at radius 3 is 2.56 bits per heavy atom. The number of thioether (sulfide) groups is 1. The van der Waals surface area contributed by atoms with Crippen LogP contribution in [0.5, 0.6) is 0 Å². The molecule has 3 rings (SSSR count). The van der Waals surface area contributed by atoms with Crippen LogP contribution in [0.2, 0.25) is 0 Å². The van der Waals surface area contributed by atoms with Gasteiger partial charge in [-0.05, 0) is 25.0 Å². The monoisotopic (exact) mass is 389 g/mol. The first-order valence-electron chi connectivity index (χ1n) is 9.34. The van der Waals surface area contributed by atoms with Crippen molar-refractivity contribution in [3.8, 4) is 5.69 Å². The molecule has 0 aliphatic carbocycles. The van der Waals surface area contributed by atoms with Crippen molar-refractivity contribution < 1.29 is 9.53 Å². The number of nitrogens with zero attached hydrogens (tertiary/aromatic N) is 4. The number of carbonyl (C=O) groups is 1. The molecular formula is C19H27N5O2S. The highest BCUT2D eigenvalue weighted by atomic mass is 32.2. The molecule has 1 aromatic carbocycles. The Morgan fingerprint density at radius 1 is 1.19 bits per heavy atom. The van der Waals surface area contributed by atoms with Crippen LogP contribution in [0.25, 0.3) is 5.69 Å². The van der Waals surface area contributed by atoms with Gasteiger partial charge in [-0.3, -0.25) is 9.36 Å². The molecule has 0 bridgehead atoms. The second kappa shape index (κ2) is 9.23. The Morgan fingerprint density at radius 2 is 1.89 bits per heavy atom. The maximum Gasteiger partial charge on any atom is 0.233 e. The molecule has 0 radical (unpaired) electrons. The average Bonchev–Trinajstić information content (AvgIpc) is 3.10. The fourth-order valence-corrected chi connectivity index (χ4v) is 3.66. The zero-order chi connectivity index (χ0) is 19.2. The van der Waals surface area contributed by atoms with Gasteiger partial charge in [0.05, 0.1) is 24.2 Å². The lowest BCUT2D eigenvalue weighted by molar-refractivity contribution is -0.120. The summed E-state index contributed by atoms with van der Waals surface area (Å²) < 4.78 is 7.49. The summed E-state index contributed by atoms with van der Waals surface area (Å²) in [5, 5.41) is 12.3. The first kappa shape index (κ1) is 19.7. The molecular weight excluding hydrogens is 362 g/mol. The van der Waals surface area contributed by atoms with E-state index in [0.29, 0.717) is 25.7 Å². The molecule has 2 heterocycles. The van der Waals surface area contributed by atoms with E-state index < -0.39 is 0 Å². The van der Waals surface area contributed by atoms with Gasteiger partial charge in [0.25, 0.3) is 0 Å². The molecule has 1 aliphatic heterocycles. The van der Waals surface area contributed by atoms with Gasteiger partial charge < -0.3 is 15.0 Å². The highest BCUT2D eigenvalue weighted by molar-refractivity contribution is 8.00.